The minimum atomic E-state index is 0. The molecule has 0 bridgehead atoms. The van der Waals surface area contributed by atoms with Crippen LogP contribution in [-0.2, 0) is 13.6 Å². The second-order valence-corrected chi connectivity index (χ2v) is 4.95. The fourth-order valence-electron chi connectivity index (χ4n) is 2.19. The van der Waals surface area contributed by atoms with Gasteiger partial charge in [0.2, 0.25) is 0 Å². The molecule has 0 saturated carbocycles. The van der Waals surface area contributed by atoms with Crippen LogP contribution in [0.15, 0.2) is 35.6 Å². The number of guanidine groups is 1. The molecule has 7 heteroatoms. The Morgan fingerprint density at radius 1 is 1.36 bits per heavy atom. The van der Waals surface area contributed by atoms with E-state index in [4.69, 9.17) is 0 Å². The zero-order chi connectivity index (χ0) is 15.2. The molecule has 1 unspecified atom stereocenters. The maximum Gasteiger partial charge on any atom is 0.191 e. The molecular weight excluding hydrogens is 391 g/mol. The number of benzene rings is 1. The van der Waals surface area contributed by atoms with Crippen molar-refractivity contribution in [3.63, 3.8) is 0 Å². The summed E-state index contributed by atoms with van der Waals surface area (Å²) in [5.41, 5.74) is 2.53. The van der Waals surface area contributed by atoms with Gasteiger partial charge < -0.3 is 10.6 Å². The lowest BCUT2D eigenvalue weighted by atomic mass is 10.0. The first kappa shape index (κ1) is 18.4. The predicted octanol–water partition coefficient (Wildman–Crippen LogP) is 2.17. The molecule has 1 aromatic heterocycles. The summed E-state index contributed by atoms with van der Waals surface area (Å²) in [4.78, 5) is 8.43. The van der Waals surface area contributed by atoms with Crippen LogP contribution in [-0.4, -0.2) is 27.8 Å². The predicted molar refractivity (Wildman–Crippen MR) is 99.3 cm³/mol. The van der Waals surface area contributed by atoms with Crippen LogP contribution < -0.4 is 10.6 Å². The van der Waals surface area contributed by atoms with Crippen molar-refractivity contribution in [3.8, 4) is 0 Å². The third-order valence-electron chi connectivity index (χ3n) is 3.45. The molecule has 120 valence electrons. The molecule has 0 spiro atoms. The van der Waals surface area contributed by atoms with Crippen LogP contribution in [0, 0.1) is 6.92 Å². The molecule has 1 aromatic carbocycles. The monoisotopic (exact) mass is 414 g/mol. The topological polar surface area (TPSA) is 67.1 Å². The fraction of sp³-hybridized carbons (Fsp3) is 0.400. The maximum atomic E-state index is 4.25. The Morgan fingerprint density at radius 3 is 2.68 bits per heavy atom. The standard InChI is InChI=1S/C15H22N6.HI/c1-11-7-5-6-8-13(11)12(2)20-15(16-3)17-9-14-18-10-19-21(14)4;/h5-8,10,12H,9H2,1-4H3,(H2,16,17,20);1H. The van der Waals surface area contributed by atoms with Crippen LogP contribution >= 0.6 is 24.0 Å². The van der Waals surface area contributed by atoms with Gasteiger partial charge in [-0.1, -0.05) is 24.3 Å². The number of hydrogen-bond donors (Lipinski definition) is 2. The van der Waals surface area contributed by atoms with Crippen LogP contribution in [0.3, 0.4) is 0 Å². The Bertz CT molecular complexity index is 622. The van der Waals surface area contributed by atoms with E-state index in [0.717, 1.165) is 11.8 Å². The highest BCUT2D eigenvalue weighted by Gasteiger charge is 2.10. The van der Waals surface area contributed by atoms with Crippen LogP contribution in [0.2, 0.25) is 0 Å². The first-order valence-corrected chi connectivity index (χ1v) is 6.97. The smallest absolute Gasteiger partial charge is 0.191 e. The zero-order valence-electron chi connectivity index (χ0n) is 13.4. The van der Waals surface area contributed by atoms with Crippen molar-refractivity contribution < 1.29 is 0 Å². The molecule has 0 amide bonds. The van der Waals surface area contributed by atoms with Crippen molar-refractivity contribution >= 4 is 29.9 Å². The highest BCUT2D eigenvalue weighted by molar-refractivity contribution is 14.0. The summed E-state index contributed by atoms with van der Waals surface area (Å²) >= 11 is 0. The van der Waals surface area contributed by atoms with E-state index in [1.165, 1.54) is 11.1 Å². The average molecular weight is 414 g/mol. The van der Waals surface area contributed by atoms with E-state index in [0.29, 0.717) is 6.54 Å². The van der Waals surface area contributed by atoms with Gasteiger partial charge >= 0.3 is 0 Å². The molecule has 0 aliphatic rings. The van der Waals surface area contributed by atoms with Gasteiger partial charge in [-0.05, 0) is 25.0 Å². The van der Waals surface area contributed by atoms with E-state index in [9.17, 15) is 0 Å². The van der Waals surface area contributed by atoms with Crippen LogP contribution in [0.4, 0.5) is 0 Å². The van der Waals surface area contributed by atoms with E-state index in [2.05, 4.69) is 57.8 Å². The van der Waals surface area contributed by atoms with Crippen molar-refractivity contribution in [2.45, 2.75) is 26.4 Å². The number of nitrogens with one attached hydrogen (secondary N) is 2. The van der Waals surface area contributed by atoms with E-state index >= 15 is 0 Å². The normalized spacial score (nSPS) is 12.5. The van der Waals surface area contributed by atoms with Crippen molar-refractivity contribution in [2.75, 3.05) is 7.05 Å². The Morgan fingerprint density at radius 2 is 2.09 bits per heavy atom. The van der Waals surface area contributed by atoms with E-state index < -0.39 is 0 Å². The molecule has 0 saturated heterocycles. The summed E-state index contributed by atoms with van der Waals surface area (Å²) in [5, 5.41) is 10.7. The highest BCUT2D eigenvalue weighted by atomic mass is 127. The van der Waals surface area contributed by atoms with Gasteiger partial charge in [0.1, 0.15) is 12.2 Å². The lowest BCUT2D eigenvalue weighted by molar-refractivity contribution is 0.649. The lowest BCUT2D eigenvalue weighted by Crippen LogP contribution is -2.38. The van der Waals surface area contributed by atoms with E-state index in [1.807, 2.05) is 13.1 Å². The Kier molecular flexibility index (Phi) is 7.30. The first-order chi connectivity index (χ1) is 10.1. The van der Waals surface area contributed by atoms with Crippen LogP contribution in [0.5, 0.6) is 0 Å². The fourth-order valence-corrected chi connectivity index (χ4v) is 2.19. The Hall–Kier alpha value is -1.64. The minimum Gasteiger partial charge on any atom is -0.350 e. The summed E-state index contributed by atoms with van der Waals surface area (Å²) in [6.07, 6.45) is 1.54. The molecule has 2 aromatic rings. The van der Waals surface area contributed by atoms with E-state index in [-0.39, 0.29) is 30.0 Å². The van der Waals surface area contributed by atoms with Gasteiger partial charge in [-0.25, -0.2) is 4.98 Å². The molecule has 0 aliphatic heterocycles. The molecule has 0 fully saturated rings. The van der Waals surface area contributed by atoms with E-state index in [1.54, 1.807) is 18.1 Å². The maximum absolute atomic E-state index is 4.25. The van der Waals surface area contributed by atoms with Gasteiger partial charge in [0.15, 0.2) is 5.96 Å². The zero-order valence-corrected chi connectivity index (χ0v) is 15.7. The second kappa shape index (κ2) is 8.72. The van der Waals surface area contributed by atoms with Crippen molar-refractivity contribution in [1.29, 1.82) is 0 Å². The summed E-state index contributed by atoms with van der Waals surface area (Å²) in [6.45, 7) is 4.82. The molecule has 0 radical (unpaired) electrons. The number of aliphatic imine (C=N–C) groups is 1. The third-order valence-corrected chi connectivity index (χ3v) is 3.45. The average Bonchev–Trinajstić information content (AvgIpc) is 2.89. The number of aromatic nitrogens is 3. The van der Waals surface area contributed by atoms with Gasteiger partial charge in [0.25, 0.3) is 0 Å². The minimum absolute atomic E-state index is 0. The van der Waals surface area contributed by atoms with Crippen LogP contribution in [0.1, 0.15) is 29.9 Å². The highest BCUT2D eigenvalue weighted by Crippen LogP contribution is 2.16. The molecule has 1 atom stereocenters. The van der Waals surface area contributed by atoms with Crippen molar-refractivity contribution in [1.82, 2.24) is 25.4 Å². The second-order valence-electron chi connectivity index (χ2n) is 4.95. The van der Waals surface area contributed by atoms with Gasteiger partial charge in [-0.3, -0.25) is 9.67 Å². The van der Waals surface area contributed by atoms with Gasteiger partial charge in [-0.2, -0.15) is 5.10 Å². The number of aryl methyl sites for hydroxylation is 2. The van der Waals surface area contributed by atoms with Crippen molar-refractivity contribution in [3.05, 3.63) is 47.5 Å². The molecule has 2 N–H and O–H groups in total. The van der Waals surface area contributed by atoms with Crippen molar-refractivity contribution in [2.24, 2.45) is 12.0 Å². The quantitative estimate of drug-likeness (QED) is 0.457. The van der Waals surface area contributed by atoms with Gasteiger partial charge in [0.05, 0.1) is 12.6 Å². The molecular formula is C15H23IN6. The Balaban J connectivity index is 0.00000242. The summed E-state index contributed by atoms with van der Waals surface area (Å²) in [6, 6.07) is 8.52. The summed E-state index contributed by atoms with van der Waals surface area (Å²) in [7, 11) is 3.63. The number of nitrogens with zero attached hydrogens (tertiary/aromatic N) is 4. The molecule has 22 heavy (non-hydrogen) atoms. The third kappa shape index (κ3) is 4.69. The molecule has 2 rings (SSSR count). The van der Waals surface area contributed by atoms with Crippen LogP contribution in [0.25, 0.3) is 0 Å². The number of rotatable bonds is 4. The SMILES string of the molecule is CN=C(NCc1ncnn1C)NC(C)c1ccccc1C.I. The number of halogens is 1. The molecule has 1 heterocycles. The Labute approximate surface area is 148 Å². The molecule has 6 nitrogen and oxygen atoms in total. The number of hydrogen-bond acceptors (Lipinski definition) is 3. The van der Waals surface area contributed by atoms with Gasteiger partial charge in [0, 0.05) is 14.1 Å². The summed E-state index contributed by atoms with van der Waals surface area (Å²) in [5.74, 6) is 1.61. The molecule has 0 aliphatic carbocycles. The summed E-state index contributed by atoms with van der Waals surface area (Å²) < 4.78 is 1.74. The first-order valence-electron chi connectivity index (χ1n) is 6.97. The lowest BCUT2D eigenvalue weighted by Gasteiger charge is -2.19. The van der Waals surface area contributed by atoms with Gasteiger partial charge in [-0.15, -0.1) is 24.0 Å². The largest absolute Gasteiger partial charge is 0.350 e.